The number of esters is 2. The van der Waals surface area contributed by atoms with E-state index in [4.69, 9.17) is 24.3 Å². The Hall–Kier alpha value is -3.07. The van der Waals surface area contributed by atoms with E-state index in [0.29, 0.717) is 19.3 Å². The minimum absolute atomic E-state index is 0.0335. The zero-order valence-corrected chi connectivity index (χ0v) is 33.6. The predicted octanol–water partition coefficient (Wildman–Crippen LogP) is 11.0. The van der Waals surface area contributed by atoms with Crippen LogP contribution in [0.5, 0.6) is 0 Å². The Balaban J connectivity index is 4.41. The number of rotatable bonds is 35. The molecular formula is C43H70NO8P. The van der Waals surface area contributed by atoms with Crippen LogP contribution >= 0.6 is 7.82 Å². The van der Waals surface area contributed by atoms with Gasteiger partial charge >= 0.3 is 19.8 Å². The molecule has 0 rings (SSSR count). The summed E-state index contributed by atoms with van der Waals surface area (Å²) < 4.78 is 32.6. The van der Waals surface area contributed by atoms with E-state index in [1.165, 1.54) is 19.3 Å². The first-order valence-electron chi connectivity index (χ1n) is 19.7. The molecule has 53 heavy (non-hydrogen) atoms. The van der Waals surface area contributed by atoms with Crippen molar-refractivity contribution in [1.82, 2.24) is 0 Å². The van der Waals surface area contributed by atoms with Gasteiger partial charge in [0, 0.05) is 19.4 Å². The molecule has 0 aromatic heterocycles. The van der Waals surface area contributed by atoms with Crippen LogP contribution in [0, 0.1) is 0 Å². The minimum Gasteiger partial charge on any atom is -0.462 e. The van der Waals surface area contributed by atoms with Crippen molar-refractivity contribution < 1.29 is 37.6 Å². The predicted molar refractivity (Wildman–Crippen MR) is 219 cm³/mol. The van der Waals surface area contributed by atoms with Gasteiger partial charge in [0.2, 0.25) is 0 Å². The van der Waals surface area contributed by atoms with Crippen LogP contribution in [0.25, 0.3) is 0 Å². The Labute approximate surface area is 321 Å². The van der Waals surface area contributed by atoms with E-state index in [2.05, 4.69) is 105 Å². The van der Waals surface area contributed by atoms with E-state index in [1.807, 2.05) is 6.08 Å². The molecule has 0 spiro atoms. The summed E-state index contributed by atoms with van der Waals surface area (Å²) in [4.78, 5) is 34.7. The van der Waals surface area contributed by atoms with Gasteiger partial charge in [0.05, 0.1) is 13.2 Å². The van der Waals surface area contributed by atoms with E-state index in [1.54, 1.807) is 0 Å². The van der Waals surface area contributed by atoms with Gasteiger partial charge < -0.3 is 20.1 Å². The largest absolute Gasteiger partial charge is 0.472 e. The number of ether oxygens (including phenoxy) is 2. The lowest BCUT2D eigenvalue weighted by molar-refractivity contribution is -0.161. The summed E-state index contributed by atoms with van der Waals surface area (Å²) in [7, 11) is -4.40. The average Bonchev–Trinajstić information content (AvgIpc) is 3.14. The number of carbonyl (C=O) groups is 2. The number of phosphoric acid groups is 1. The Kier molecular flexibility index (Phi) is 36.4. The zero-order chi connectivity index (χ0) is 38.9. The zero-order valence-electron chi connectivity index (χ0n) is 32.7. The Morgan fingerprint density at radius 3 is 1.53 bits per heavy atom. The van der Waals surface area contributed by atoms with Gasteiger partial charge in [-0.3, -0.25) is 18.6 Å². The van der Waals surface area contributed by atoms with Crippen molar-refractivity contribution in [3.8, 4) is 0 Å². The first-order valence-corrected chi connectivity index (χ1v) is 21.2. The van der Waals surface area contributed by atoms with Gasteiger partial charge in [0.1, 0.15) is 6.61 Å². The van der Waals surface area contributed by atoms with Crippen molar-refractivity contribution in [3.05, 3.63) is 97.2 Å². The van der Waals surface area contributed by atoms with E-state index in [-0.39, 0.29) is 32.6 Å². The molecule has 0 amide bonds. The standard InChI is InChI=1S/C43H70NO8P/c1-3-5-7-9-11-13-15-17-19-20-22-24-26-28-30-32-34-36-43(46)52-41(40-51-53(47,48)50-38-37-44)39-49-42(45)35-33-31-29-27-25-23-21-18-16-14-12-10-8-6-4-2/h5,7,11-14,17-19,21-22,24-25,27-28,30,41H,3-4,6,8-10,15-16,20,23,26,29,31-40,44H2,1-2H3,(H,47,48)/b7-5-,13-11-,14-12-,19-17-,21-18-,24-22-,27-25-,30-28-/t41-/m1/s1. The third-order valence-electron chi connectivity index (χ3n) is 7.45. The molecule has 0 bridgehead atoms. The van der Waals surface area contributed by atoms with Crippen LogP contribution in [-0.4, -0.2) is 49.3 Å². The number of hydrogen-bond acceptors (Lipinski definition) is 8. The summed E-state index contributed by atoms with van der Waals surface area (Å²) in [6.07, 6.45) is 48.8. The highest BCUT2D eigenvalue weighted by Crippen LogP contribution is 2.43. The van der Waals surface area contributed by atoms with Crippen molar-refractivity contribution in [1.29, 1.82) is 0 Å². The second-order valence-electron chi connectivity index (χ2n) is 12.4. The maximum Gasteiger partial charge on any atom is 0.472 e. The number of unbranched alkanes of at least 4 members (excludes halogenated alkanes) is 6. The van der Waals surface area contributed by atoms with Gasteiger partial charge in [-0.2, -0.15) is 0 Å². The first kappa shape index (κ1) is 49.9. The molecule has 0 radical (unpaired) electrons. The van der Waals surface area contributed by atoms with E-state index in [9.17, 15) is 19.0 Å². The highest BCUT2D eigenvalue weighted by molar-refractivity contribution is 7.47. The molecule has 0 aliphatic heterocycles. The second kappa shape index (κ2) is 38.6. The SMILES string of the molecule is CC/C=C\C/C=C\C/C=C\C/C=C\C/C=C\CCCC(=O)O[C@H](COC(=O)CCCC/C=C\C/C=C\C/C=C\CCCCC)COP(=O)(O)OCCN. The van der Waals surface area contributed by atoms with Gasteiger partial charge in [-0.25, -0.2) is 4.57 Å². The number of carbonyl (C=O) groups excluding carboxylic acids is 2. The second-order valence-corrected chi connectivity index (χ2v) is 13.9. The molecule has 0 saturated carbocycles. The summed E-state index contributed by atoms with van der Waals surface area (Å²) in [5.74, 6) is -0.955. The Morgan fingerprint density at radius 1 is 0.585 bits per heavy atom. The molecule has 0 aliphatic carbocycles. The smallest absolute Gasteiger partial charge is 0.462 e. The Morgan fingerprint density at radius 2 is 1.04 bits per heavy atom. The molecule has 1 unspecified atom stereocenters. The number of allylic oxidation sites excluding steroid dienone is 16. The van der Waals surface area contributed by atoms with E-state index >= 15 is 0 Å². The molecule has 10 heteroatoms. The van der Waals surface area contributed by atoms with Crippen LogP contribution in [0.1, 0.15) is 129 Å². The van der Waals surface area contributed by atoms with Gasteiger partial charge in [0.15, 0.2) is 6.10 Å². The first-order chi connectivity index (χ1) is 25.8. The fourth-order valence-corrected chi connectivity index (χ4v) is 5.32. The van der Waals surface area contributed by atoms with Crippen molar-refractivity contribution in [2.45, 2.75) is 136 Å². The fraction of sp³-hybridized carbons (Fsp3) is 0.581. The van der Waals surface area contributed by atoms with Crippen LogP contribution in [0.15, 0.2) is 97.2 Å². The quantitative estimate of drug-likeness (QED) is 0.0280. The van der Waals surface area contributed by atoms with Crippen LogP contribution in [0.4, 0.5) is 0 Å². The molecular weight excluding hydrogens is 689 g/mol. The molecule has 0 heterocycles. The van der Waals surface area contributed by atoms with Gasteiger partial charge in [-0.15, -0.1) is 0 Å². The monoisotopic (exact) mass is 759 g/mol. The van der Waals surface area contributed by atoms with Crippen LogP contribution in [0.2, 0.25) is 0 Å². The normalized spacial score (nSPS) is 14.4. The van der Waals surface area contributed by atoms with E-state index < -0.39 is 32.5 Å². The highest BCUT2D eigenvalue weighted by Gasteiger charge is 2.25. The van der Waals surface area contributed by atoms with Crippen LogP contribution < -0.4 is 5.73 Å². The minimum atomic E-state index is -4.40. The number of nitrogens with two attached hydrogens (primary N) is 1. The lowest BCUT2D eigenvalue weighted by atomic mass is 10.1. The molecule has 300 valence electrons. The topological polar surface area (TPSA) is 134 Å². The lowest BCUT2D eigenvalue weighted by Gasteiger charge is -2.19. The molecule has 0 aromatic carbocycles. The van der Waals surface area contributed by atoms with Gasteiger partial charge in [0.25, 0.3) is 0 Å². The Bertz CT molecular complexity index is 1180. The van der Waals surface area contributed by atoms with Crippen molar-refractivity contribution in [3.63, 3.8) is 0 Å². The fourth-order valence-electron chi connectivity index (χ4n) is 4.56. The van der Waals surface area contributed by atoms with E-state index in [0.717, 1.165) is 64.2 Å². The van der Waals surface area contributed by atoms with Crippen molar-refractivity contribution in [2.75, 3.05) is 26.4 Å². The van der Waals surface area contributed by atoms with Crippen molar-refractivity contribution in [2.24, 2.45) is 5.73 Å². The summed E-state index contributed by atoms with van der Waals surface area (Å²) in [6.45, 7) is 3.44. The summed E-state index contributed by atoms with van der Waals surface area (Å²) in [5, 5.41) is 0. The molecule has 0 saturated heterocycles. The lowest BCUT2D eigenvalue weighted by Crippen LogP contribution is -2.29. The molecule has 0 aromatic rings. The summed E-state index contributed by atoms with van der Waals surface area (Å²) in [6, 6.07) is 0. The molecule has 2 atom stereocenters. The van der Waals surface area contributed by atoms with Gasteiger partial charge in [-0.1, -0.05) is 124 Å². The average molecular weight is 760 g/mol. The van der Waals surface area contributed by atoms with Gasteiger partial charge in [-0.05, 0) is 89.9 Å². The third kappa shape index (κ3) is 38.5. The number of hydrogen-bond donors (Lipinski definition) is 2. The van der Waals surface area contributed by atoms with Crippen LogP contribution in [-0.2, 0) is 32.7 Å². The van der Waals surface area contributed by atoms with Crippen LogP contribution in [0.3, 0.4) is 0 Å². The third-order valence-corrected chi connectivity index (χ3v) is 8.44. The number of phosphoric ester groups is 1. The molecule has 0 fully saturated rings. The van der Waals surface area contributed by atoms with Crippen molar-refractivity contribution >= 4 is 19.8 Å². The highest BCUT2D eigenvalue weighted by atomic mass is 31.2. The molecule has 3 N–H and O–H groups in total. The maximum atomic E-state index is 12.5. The molecule has 0 aliphatic rings. The maximum absolute atomic E-state index is 12.5. The summed E-state index contributed by atoms with van der Waals surface area (Å²) in [5.41, 5.74) is 5.33. The molecule has 9 nitrogen and oxygen atoms in total. The summed E-state index contributed by atoms with van der Waals surface area (Å²) >= 11 is 0.